The average molecular weight is 484 g/mol. The summed E-state index contributed by atoms with van der Waals surface area (Å²) in [6.07, 6.45) is 1.65. The van der Waals surface area contributed by atoms with Crippen LogP contribution < -0.4 is 5.32 Å². The summed E-state index contributed by atoms with van der Waals surface area (Å²) in [5.74, 6) is -1.03. The van der Waals surface area contributed by atoms with Gasteiger partial charge in [0.1, 0.15) is 12.2 Å². The van der Waals surface area contributed by atoms with Gasteiger partial charge in [-0.05, 0) is 48.1 Å². The molecule has 0 aliphatic carbocycles. The van der Waals surface area contributed by atoms with Crippen molar-refractivity contribution >= 4 is 28.5 Å². The van der Waals surface area contributed by atoms with Crippen molar-refractivity contribution < 1.29 is 23.8 Å². The standard InChI is InChI=1S/C30H29NO5/c1-30(2,25-10-6-9-20-13-14-35-27(20)25)17-21(16-26(32)19-7-4-3-5-8-19)28(33)31-23-11-12-24-22(15-23)18-36-29(24)34/h3-15,21,26,32H,16-18H2,1-2H3,(H,31,33). The molecule has 0 bridgehead atoms. The summed E-state index contributed by atoms with van der Waals surface area (Å²) >= 11 is 0. The van der Waals surface area contributed by atoms with Crippen molar-refractivity contribution in [2.75, 3.05) is 5.32 Å². The number of cyclic esters (lactones) is 1. The summed E-state index contributed by atoms with van der Waals surface area (Å²) in [4.78, 5) is 25.4. The monoisotopic (exact) mass is 483 g/mol. The van der Waals surface area contributed by atoms with Crippen molar-refractivity contribution in [2.24, 2.45) is 5.92 Å². The maximum absolute atomic E-state index is 13.6. The molecule has 0 saturated heterocycles. The third-order valence-electron chi connectivity index (χ3n) is 6.98. The first-order chi connectivity index (χ1) is 17.3. The number of para-hydroxylation sites is 1. The summed E-state index contributed by atoms with van der Waals surface area (Å²) in [5.41, 5.74) is 4.07. The molecule has 1 aliphatic heterocycles. The fourth-order valence-corrected chi connectivity index (χ4v) is 5.07. The van der Waals surface area contributed by atoms with E-state index in [1.165, 1.54) is 0 Å². The van der Waals surface area contributed by atoms with Crippen LogP contribution >= 0.6 is 0 Å². The number of carbonyl (C=O) groups excluding carboxylic acids is 2. The Balaban J connectivity index is 1.42. The Kier molecular flexibility index (Phi) is 6.37. The molecule has 1 aromatic heterocycles. The second-order valence-corrected chi connectivity index (χ2v) is 10.0. The molecule has 2 atom stereocenters. The normalized spacial score (nSPS) is 14.8. The van der Waals surface area contributed by atoms with Gasteiger partial charge in [0.05, 0.1) is 17.9 Å². The molecule has 0 spiro atoms. The van der Waals surface area contributed by atoms with E-state index in [9.17, 15) is 14.7 Å². The largest absolute Gasteiger partial charge is 0.464 e. The number of anilines is 1. The van der Waals surface area contributed by atoms with Gasteiger partial charge in [-0.1, -0.05) is 62.4 Å². The number of amides is 1. The third kappa shape index (κ3) is 4.77. The molecule has 36 heavy (non-hydrogen) atoms. The van der Waals surface area contributed by atoms with Crippen molar-refractivity contribution in [1.82, 2.24) is 0 Å². The minimum Gasteiger partial charge on any atom is -0.464 e. The number of rotatable bonds is 8. The zero-order valence-electron chi connectivity index (χ0n) is 20.4. The van der Waals surface area contributed by atoms with E-state index in [2.05, 4.69) is 19.2 Å². The molecule has 3 aromatic carbocycles. The minimum absolute atomic E-state index is 0.185. The lowest BCUT2D eigenvalue weighted by atomic mass is 9.74. The first-order valence-corrected chi connectivity index (χ1v) is 12.1. The Morgan fingerprint density at radius 1 is 1.06 bits per heavy atom. The van der Waals surface area contributed by atoms with E-state index in [-0.39, 0.29) is 24.9 Å². The predicted molar refractivity (Wildman–Crippen MR) is 138 cm³/mol. The maximum atomic E-state index is 13.6. The fraction of sp³-hybridized carbons (Fsp3) is 0.267. The van der Waals surface area contributed by atoms with Gasteiger partial charge in [0.25, 0.3) is 0 Å². The van der Waals surface area contributed by atoms with Gasteiger partial charge in [0.15, 0.2) is 0 Å². The van der Waals surface area contributed by atoms with Crippen LogP contribution in [-0.2, 0) is 21.6 Å². The quantitative estimate of drug-likeness (QED) is 0.294. The Morgan fingerprint density at radius 2 is 1.86 bits per heavy atom. The maximum Gasteiger partial charge on any atom is 0.338 e. The molecule has 0 saturated carbocycles. The van der Waals surface area contributed by atoms with Gasteiger partial charge in [-0.3, -0.25) is 4.79 Å². The Morgan fingerprint density at radius 3 is 2.67 bits per heavy atom. The van der Waals surface area contributed by atoms with Gasteiger partial charge in [-0.25, -0.2) is 4.79 Å². The van der Waals surface area contributed by atoms with Crippen LogP contribution in [0.15, 0.2) is 83.5 Å². The molecule has 6 nitrogen and oxygen atoms in total. The lowest BCUT2D eigenvalue weighted by Crippen LogP contribution is -2.31. The van der Waals surface area contributed by atoms with E-state index in [1.54, 1.807) is 24.5 Å². The van der Waals surface area contributed by atoms with Gasteiger partial charge in [-0.15, -0.1) is 0 Å². The van der Waals surface area contributed by atoms with Crippen LogP contribution in [0.2, 0.25) is 0 Å². The smallest absolute Gasteiger partial charge is 0.338 e. The Bertz CT molecular complexity index is 1410. The number of ether oxygens (including phenoxy) is 1. The SMILES string of the molecule is CC(C)(CC(CC(O)c1ccccc1)C(=O)Nc1ccc2c(c1)COC2=O)c1cccc2ccoc12. The van der Waals surface area contributed by atoms with E-state index in [0.717, 1.165) is 27.7 Å². The number of benzene rings is 3. The summed E-state index contributed by atoms with van der Waals surface area (Å²) in [7, 11) is 0. The van der Waals surface area contributed by atoms with Crippen LogP contribution in [0.3, 0.4) is 0 Å². The second-order valence-electron chi connectivity index (χ2n) is 10.0. The van der Waals surface area contributed by atoms with Crippen molar-refractivity contribution in [3.63, 3.8) is 0 Å². The Hall–Kier alpha value is -3.90. The zero-order valence-corrected chi connectivity index (χ0v) is 20.4. The van der Waals surface area contributed by atoms with E-state index in [1.807, 2.05) is 54.6 Å². The van der Waals surface area contributed by atoms with E-state index in [0.29, 0.717) is 17.7 Å². The third-order valence-corrected chi connectivity index (χ3v) is 6.98. The van der Waals surface area contributed by atoms with Gasteiger partial charge in [-0.2, -0.15) is 0 Å². The van der Waals surface area contributed by atoms with E-state index in [4.69, 9.17) is 9.15 Å². The minimum atomic E-state index is -0.789. The summed E-state index contributed by atoms with van der Waals surface area (Å²) in [6, 6.07) is 22.5. The van der Waals surface area contributed by atoms with Gasteiger partial charge < -0.3 is 19.6 Å². The van der Waals surface area contributed by atoms with Crippen molar-refractivity contribution in [3.05, 3.63) is 101 Å². The van der Waals surface area contributed by atoms with Crippen molar-refractivity contribution in [3.8, 4) is 0 Å². The van der Waals surface area contributed by atoms with Crippen molar-refractivity contribution in [2.45, 2.75) is 44.8 Å². The number of furan rings is 1. The van der Waals surface area contributed by atoms with Crippen LogP contribution in [0.5, 0.6) is 0 Å². The molecule has 5 rings (SSSR count). The highest BCUT2D eigenvalue weighted by atomic mass is 16.5. The first kappa shape index (κ1) is 23.8. The molecule has 1 amide bonds. The first-order valence-electron chi connectivity index (χ1n) is 12.1. The Labute approximate surface area is 209 Å². The number of esters is 1. The fourth-order valence-electron chi connectivity index (χ4n) is 5.07. The summed E-state index contributed by atoms with van der Waals surface area (Å²) < 4.78 is 10.9. The van der Waals surface area contributed by atoms with Crippen LogP contribution in [-0.4, -0.2) is 17.0 Å². The van der Waals surface area contributed by atoms with Gasteiger partial charge in [0.2, 0.25) is 5.91 Å². The molecule has 184 valence electrons. The second kappa shape index (κ2) is 9.63. The lowest BCUT2D eigenvalue weighted by Gasteiger charge is -2.31. The van der Waals surface area contributed by atoms with E-state index >= 15 is 0 Å². The highest BCUT2D eigenvalue weighted by Crippen LogP contribution is 2.38. The molecule has 6 heteroatoms. The molecular weight excluding hydrogens is 454 g/mol. The zero-order chi connectivity index (χ0) is 25.3. The molecular formula is C30H29NO5. The summed E-state index contributed by atoms with van der Waals surface area (Å²) in [5, 5.41) is 15.0. The van der Waals surface area contributed by atoms with Crippen LogP contribution in [0.1, 0.15) is 59.8 Å². The lowest BCUT2D eigenvalue weighted by molar-refractivity contribution is -0.121. The topological polar surface area (TPSA) is 88.8 Å². The molecule has 2 unspecified atom stereocenters. The molecule has 2 N–H and O–H groups in total. The number of aliphatic hydroxyl groups is 1. The number of nitrogens with one attached hydrogen (secondary N) is 1. The molecule has 0 fully saturated rings. The number of carbonyl (C=O) groups is 2. The molecule has 4 aromatic rings. The van der Waals surface area contributed by atoms with Gasteiger partial charge >= 0.3 is 5.97 Å². The number of fused-ring (bicyclic) bond motifs is 2. The van der Waals surface area contributed by atoms with Crippen LogP contribution in [0.25, 0.3) is 11.0 Å². The number of hydrogen-bond acceptors (Lipinski definition) is 5. The van der Waals surface area contributed by atoms with E-state index < -0.39 is 17.4 Å². The summed E-state index contributed by atoms with van der Waals surface area (Å²) in [6.45, 7) is 4.39. The average Bonchev–Trinajstić information content (AvgIpc) is 3.50. The molecule has 2 heterocycles. The highest BCUT2D eigenvalue weighted by Gasteiger charge is 2.33. The van der Waals surface area contributed by atoms with Crippen molar-refractivity contribution in [1.29, 1.82) is 0 Å². The molecule has 0 radical (unpaired) electrons. The predicted octanol–water partition coefficient (Wildman–Crippen LogP) is 6.15. The van der Waals surface area contributed by atoms with Crippen LogP contribution in [0.4, 0.5) is 5.69 Å². The number of aliphatic hydroxyl groups excluding tert-OH is 1. The van der Waals surface area contributed by atoms with Gasteiger partial charge in [0, 0.05) is 28.1 Å². The number of hydrogen-bond donors (Lipinski definition) is 2. The highest BCUT2D eigenvalue weighted by molar-refractivity contribution is 5.96. The molecule has 1 aliphatic rings. The van der Waals surface area contributed by atoms with Crippen LogP contribution in [0, 0.1) is 5.92 Å².